The Labute approximate surface area is 152 Å². The van der Waals surface area contributed by atoms with Crippen LogP contribution in [0.2, 0.25) is 0 Å². The number of nitrogens with zero attached hydrogens (tertiary/aromatic N) is 4. The van der Waals surface area contributed by atoms with Crippen molar-refractivity contribution in [1.82, 2.24) is 20.0 Å². The van der Waals surface area contributed by atoms with E-state index in [4.69, 9.17) is 9.26 Å². The summed E-state index contributed by atoms with van der Waals surface area (Å²) in [5, 5.41) is 7.10. The highest BCUT2D eigenvalue weighted by Gasteiger charge is 2.20. The van der Waals surface area contributed by atoms with Crippen LogP contribution in [-0.2, 0) is 4.74 Å². The quantitative estimate of drug-likeness (QED) is 0.810. The van der Waals surface area contributed by atoms with E-state index in [2.05, 4.69) is 20.4 Å². The van der Waals surface area contributed by atoms with E-state index >= 15 is 0 Å². The van der Waals surface area contributed by atoms with Gasteiger partial charge in [-0.25, -0.2) is 9.97 Å². The number of carbonyl (C=O) groups is 1. The third kappa shape index (κ3) is 4.37. The number of ether oxygens (including phenoxy) is 1. The van der Waals surface area contributed by atoms with Gasteiger partial charge in [-0.3, -0.25) is 4.79 Å². The first kappa shape index (κ1) is 18.3. The molecule has 0 aromatic carbocycles. The van der Waals surface area contributed by atoms with Gasteiger partial charge in [-0.15, -0.1) is 0 Å². The summed E-state index contributed by atoms with van der Waals surface area (Å²) in [7, 11) is 1.75. The maximum atomic E-state index is 12.4. The minimum Gasteiger partial charge on any atom is -0.381 e. The van der Waals surface area contributed by atoms with Crippen molar-refractivity contribution in [2.45, 2.75) is 32.1 Å². The molecule has 8 heteroatoms. The molecular weight excluding hydrogens is 334 g/mol. The van der Waals surface area contributed by atoms with E-state index in [0.717, 1.165) is 24.5 Å². The van der Waals surface area contributed by atoms with Crippen LogP contribution in [0.5, 0.6) is 0 Å². The molecule has 1 amide bonds. The molecule has 26 heavy (non-hydrogen) atoms. The van der Waals surface area contributed by atoms with E-state index in [-0.39, 0.29) is 11.8 Å². The van der Waals surface area contributed by atoms with Crippen molar-refractivity contribution >= 4 is 11.7 Å². The summed E-state index contributed by atoms with van der Waals surface area (Å²) in [5.74, 6) is 1.85. The lowest BCUT2D eigenvalue weighted by Gasteiger charge is -2.16. The van der Waals surface area contributed by atoms with Crippen molar-refractivity contribution in [3.8, 4) is 0 Å². The van der Waals surface area contributed by atoms with E-state index in [9.17, 15) is 4.79 Å². The van der Waals surface area contributed by atoms with Gasteiger partial charge in [-0.2, -0.15) is 0 Å². The molecule has 140 valence electrons. The van der Waals surface area contributed by atoms with Gasteiger partial charge in [0.25, 0.3) is 5.91 Å². The number of hydrogen-bond acceptors (Lipinski definition) is 7. The van der Waals surface area contributed by atoms with Crippen LogP contribution < -0.4 is 5.32 Å². The highest BCUT2D eigenvalue weighted by molar-refractivity contribution is 5.92. The molecule has 1 N–H and O–H groups in total. The molecule has 0 bridgehead atoms. The Balaban J connectivity index is 1.50. The first-order chi connectivity index (χ1) is 12.5. The van der Waals surface area contributed by atoms with Crippen molar-refractivity contribution in [2.24, 2.45) is 0 Å². The van der Waals surface area contributed by atoms with Crippen LogP contribution in [-0.4, -0.2) is 59.3 Å². The predicted octanol–water partition coefficient (Wildman–Crippen LogP) is 2.28. The lowest BCUT2D eigenvalue weighted by molar-refractivity contribution is 0.0790. The summed E-state index contributed by atoms with van der Waals surface area (Å²) in [6, 6.07) is 3.66. The van der Waals surface area contributed by atoms with Crippen LogP contribution in [0.4, 0.5) is 5.82 Å². The third-order valence-corrected chi connectivity index (χ3v) is 4.45. The SMILES string of the molecule is CC(C)c1cc(C(=O)N(C)CCNc2cc([C@@H]3CCOC3)ncn2)no1. The molecule has 1 atom stereocenters. The molecule has 1 aliphatic heterocycles. The van der Waals surface area contributed by atoms with Crippen molar-refractivity contribution < 1.29 is 14.1 Å². The van der Waals surface area contributed by atoms with Crippen LogP contribution in [0.3, 0.4) is 0 Å². The zero-order valence-corrected chi connectivity index (χ0v) is 15.4. The number of likely N-dealkylation sites (N-methyl/N-ethyl adjacent to an activating group) is 1. The normalized spacial score (nSPS) is 16.8. The number of nitrogens with one attached hydrogen (secondary N) is 1. The Bertz CT molecular complexity index is 740. The maximum absolute atomic E-state index is 12.4. The van der Waals surface area contributed by atoms with Gasteiger partial charge in [0.05, 0.1) is 12.3 Å². The average Bonchev–Trinajstić information content (AvgIpc) is 3.33. The average molecular weight is 359 g/mol. The molecule has 0 aliphatic carbocycles. The topological polar surface area (TPSA) is 93.4 Å². The molecule has 0 radical (unpaired) electrons. The zero-order valence-electron chi connectivity index (χ0n) is 15.4. The van der Waals surface area contributed by atoms with Crippen LogP contribution in [0, 0.1) is 0 Å². The van der Waals surface area contributed by atoms with Gasteiger partial charge in [0, 0.05) is 50.7 Å². The van der Waals surface area contributed by atoms with E-state index in [1.807, 2.05) is 19.9 Å². The second-order valence-electron chi connectivity index (χ2n) is 6.81. The van der Waals surface area contributed by atoms with E-state index in [1.165, 1.54) is 0 Å². The molecule has 3 heterocycles. The van der Waals surface area contributed by atoms with Crippen molar-refractivity contribution in [3.63, 3.8) is 0 Å². The Morgan fingerprint density at radius 2 is 2.23 bits per heavy atom. The third-order valence-electron chi connectivity index (χ3n) is 4.45. The zero-order chi connectivity index (χ0) is 18.5. The maximum Gasteiger partial charge on any atom is 0.275 e. The molecule has 1 aliphatic rings. The first-order valence-corrected chi connectivity index (χ1v) is 8.90. The highest BCUT2D eigenvalue weighted by atomic mass is 16.5. The lowest BCUT2D eigenvalue weighted by atomic mass is 10.1. The Morgan fingerprint density at radius 3 is 2.92 bits per heavy atom. The van der Waals surface area contributed by atoms with Crippen molar-refractivity contribution in [2.75, 3.05) is 38.7 Å². The van der Waals surface area contributed by atoms with E-state index < -0.39 is 0 Å². The Hall–Kier alpha value is -2.48. The summed E-state index contributed by atoms with van der Waals surface area (Å²) in [6.07, 6.45) is 2.55. The van der Waals surface area contributed by atoms with Gasteiger partial charge in [0.2, 0.25) is 0 Å². The van der Waals surface area contributed by atoms with E-state index in [1.54, 1.807) is 24.3 Å². The number of amides is 1. The molecule has 3 rings (SSSR count). The number of aromatic nitrogens is 3. The fraction of sp³-hybridized carbons (Fsp3) is 0.556. The Kier molecular flexibility index (Phi) is 5.82. The predicted molar refractivity (Wildman–Crippen MR) is 96.3 cm³/mol. The standard InChI is InChI=1S/C18H25N5O3/c1-12(2)16-8-15(22-26-16)18(24)23(3)6-5-19-17-9-14(20-11-21-17)13-4-7-25-10-13/h8-9,11-13H,4-7,10H2,1-3H3,(H,19,20,21)/t13-/m1/s1. The summed E-state index contributed by atoms with van der Waals surface area (Å²) in [6.45, 7) is 6.59. The minimum absolute atomic E-state index is 0.158. The molecule has 1 saturated heterocycles. The molecular formula is C18H25N5O3. The van der Waals surface area contributed by atoms with E-state index in [0.29, 0.717) is 37.1 Å². The summed E-state index contributed by atoms with van der Waals surface area (Å²) in [5.41, 5.74) is 1.33. The van der Waals surface area contributed by atoms with Crippen LogP contribution >= 0.6 is 0 Å². The molecule has 0 saturated carbocycles. The molecule has 0 spiro atoms. The molecule has 0 unspecified atom stereocenters. The number of rotatable bonds is 7. The summed E-state index contributed by atoms with van der Waals surface area (Å²) in [4.78, 5) is 22.6. The van der Waals surface area contributed by atoms with Crippen LogP contribution in [0.25, 0.3) is 0 Å². The van der Waals surface area contributed by atoms with Crippen molar-refractivity contribution in [3.05, 3.63) is 35.6 Å². The monoisotopic (exact) mass is 359 g/mol. The van der Waals surface area contributed by atoms with Gasteiger partial charge in [-0.05, 0) is 6.42 Å². The first-order valence-electron chi connectivity index (χ1n) is 8.90. The van der Waals surface area contributed by atoms with Gasteiger partial charge in [0.1, 0.15) is 17.9 Å². The van der Waals surface area contributed by atoms with Gasteiger partial charge < -0.3 is 19.5 Å². The molecule has 2 aromatic heterocycles. The lowest BCUT2D eigenvalue weighted by Crippen LogP contribution is -2.31. The van der Waals surface area contributed by atoms with Crippen molar-refractivity contribution in [1.29, 1.82) is 0 Å². The van der Waals surface area contributed by atoms with Gasteiger partial charge in [0.15, 0.2) is 5.69 Å². The number of carbonyl (C=O) groups excluding carboxylic acids is 1. The summed E-state index contributed by atoms with van der Waals surface area (Å²) < 4.78 is 10.6. The van der Waals surface area contributed by atoms with Gasteiger partial charge >= 0.3 is 0 Å². The summed E-state index contributed by atoms with van der Waals surface area (Å²) >= 11 is 0. The highest BCUT2D eigenvalue weighted by Crippen LogP contribution is 2.24. The van der Waals surface area contributed by atoms with Gasteiger partial charge in [-0.1, -0.05) is 19.0 Å². The fourth-order valence-corrected chi connectivity index (χ4v) is 2.77. The largest absolute Gasteiger partial charge is 0.381 e. The Morgan fingerprint density at radius 1 is 1.38 bits per heavy atom. The second-order valence-corrected chi connectivity index (χ2v) is 6.81. The smallest absolute Gasteiger partial charge is 0.275 e. The second kappa shape index (κ2) is 8.27. The van der Waals surface area contributed by atoms with Crippen LogP contribution in [0.1, 0.15) is 54.0 Å². The van der Waals surface area contributed by atoms with Crippen LogP contribution in [0.15, 0.2) is 23.0 Å². The number of anilines is 1. The molecule has 1 fully saturated rings. The molecule has 2 aromatic rings. The fourth-order valence-electron chi connectivity index (χ4n) is 2.77. The number of hydrogen-bond donors (Lipinski definition) is 1. The molecule has 8 nitrogen and oxygen atoms in total. The minimum atomic E-state index is -0.158.